The molecule has 0 spiro atoms. The first-order valence-corrected chi connectivity index (χ1v) is 7.33. The molecule has 0 N–H and O–H groups in total. The molecule has 1 heterocycles. The third-order valence-corrected chi connectivity index (χ3v) is 3.49. The summed E-state index contributed by atoms with van der Waals surface area (Å²) in [6, 6.07) is 9.45. The van der Waals surface area contributed by atoms with Crippen LogP contribution in [-0.2, 0) is 4.74 Å². The number of pyridine rings is 1. The van der Waals surface area contributed by atoms with E-state index in [-0.39, 0.29) is 10.5 Å². The number of carbonyl (C=O) groups is 1. The van der Waals surface area contributed by atoms with E-state index in [1.807, 2.05) is 6.92 Å². The Hall–Kier alpha value is -2.28. The lowest BCUT2D eigenvalue weighted by Crippen LogP contribution is -2.08. The Bertz CT molecular complexity index is 731. The number of halogens is 1. The smallest absolute Gasteiger partial charge is 0.339 e. The van der Waals surface area contributed by atoms with E-state index in [4.69, 9.17) is 4.74 Å². The van der Waals surface area contributed by atoms with Crippen molar-refractivity contribution in [3.05, 3.63) is 57.8 Å². The van der Waals surface area contributed by atoms with E-state index < -0.39 is 10.9 Å². The maximum absolute atomic E-state index is 11.8. The van der Waals surface area contributed by atoms with Crippen LogP contribution in [0.3, 0.4) is 0 Å². The van der Waals surface area contributed by atoms with Crippen molar-refractivity contribution in [1.82, 2.24) is 4.98 Å². The molecule has 0 bridgehead atoms. The van der Waals surface area contributed by atoms with Gasteiger partial charge in [0.25, 0.3) is 5.69 Å². The van der Waals surface area contributed by atoms with Crippen molar-refractivity contribution in [3.63, 3.8) is 0 Å². The molecule has 0 saturated heterocycles. The third-order valence-electron chi connectivity index (χ3n) is 3.06. The van der Waals surface area contributed by atoms with E-state index in [2.05, 4.69) is 20.9 Å². The van der Waals surface area contributed by atoms with Gasteiger partial charge in [0, 0.05) is 17.7 Å². The van der Waals surface area contributed by atoms with E-state index in [1.165, 1.54) is 19.2 Å². The summed E-state index contributed by atoms with van der Waals surface area (Å²) >= 11 is 3.40. The van der Waals surface area contributed by atoms with Gasteiger partial charge in [-0.15, -0.1) is 0 Å². The number of hydrogen-bond acceptors (Lipinski definition) is 5. The standard InChI is InChI=1S/C15H13BrN2O4/c1-9(16)14-12(15(19)22-2)6-7-13(17-14)10-4-3-5-11(8-10)18(20)21/h3-9H,1-2H3. The average Bonchev–Trinajstić information content (AvgIpc) is 2.53. The predicted molar refractivity (Wildman–Crippen MR) is 85.0 cm³/mol. The topological polar surface area (TPSA) is 82.3 Å². The fraction of sp³-hybridized carbons (Fsp3) is 0.200. The minimum Gasteiger partial charge on any atom is -0.465 e. The van der Waals surface area contributed by atoms with Gasteiger partial charge in [0.05, 0.1) is 33.8 Å². The Morgan fingerprint density at radius 2 is 2.09 bits per heavy atom. The summed E-state index contributed by atoms with van der Waals surface area (Å²) in [4.78, 5) is 26.4. The number of nitro benzene ring substituents is 1. The number of aromatic nitrogens is 1. The normalized spacial score (nSPS) is 11.8. The summed E-state index contributed by atoms with van der Waals surface area (Å²) < 4.78 is 4.73. The number of esters is 1. The van der Waals surface area contributed by atoms with Gasteiger partial charge < -0.3 is 4.74 Å². The summed E-state index contributed by atoms with van der Waals surface area (Å²) in [5.74, 6) is -0.473. The quantitative estimate of drug-likeness (QED) is 0.355. The van der Waals surface area contributed by atoms with E-state index in [9.17, 15) is 14.9 Å². The summed E-state index contributed by atoms with van der Waals surface area (Å²) in [5, 5.41) is 10.9. The number of nitrogens with zero attached hydrogens (tertiary/aromatic N) is 2. The molecule has 1 aromatic heterocycles. The average molecular weight is 365 g/mol. The second kappa shape index (κ2) is 6.65. The Morgan fingerprint density at radius 1 is 1.36 bits per heavy atom. The second-order valence-corrected chi connectivity index (χ2v) is 5.92. The van der Waals surface area contributed by atoms with Gasteiger partial charge in [-0.1, -0.05) is 28.1 Å². The Labute approximate surface area is 135 Å². The number of non-ortho nitro benzene ring substituents is 1. The van der Waals surface area contributed by atoms with Crippen LogP contribution in [0, 0.1) is 10.1 Å². The van der Waals surface area contributed by atoms with E-state index in [1.54, 1.807) is 24.3 Å². The van der Waals surface area contributed by atoms with E-state index >= 15 is 0 Å². The molecule has 0 aliphatic rings. The molecule has 114 valence electrons. The zero-order chi connectivity index (χ0) is 16.3. The monoisotopic (exact) mass is 364 g/mol. The van der Waals surface area contributed by atoms with Crippen LogP contribution in [0.5, 0.6) is 0 Å². The summed E-state index contributed by atoms with van der Waals surface area (Å²) in [7, 11) is 1.31. The molecule has 22 heavy (non-hydrogen) atoms. The van der Waals surface area contributed by atoms with Gasteiger partial charge in [0.15, 0.2) is 0 Å². The number of methoxy groups -OCH3 is 1. The van der Waals surface area contributed by atoms with Crippen LogP contribution in [-0.4, -0.2) is 23.0 Å². The summed E-state index contributed by atoms with van der Waals surface area (Å²) in [6.45, 7) is 1.84. The molecule has 1 unspecified atom stereocenters. The van der Waals surface area contributed by atoms with Crippen LogP contribution in [0.25, 0.3) is 11.3 Å². The minimum atomic E-state index is -0.473. The Kier molecular flexibility index (Phi) is 4.87. The van der Waals surface area contributed by atoms with Crippen LogP contribution in [0.15, 0.2) is 36.4 Å². The fourth-order valence-electron chi connectivity index (χ4n) is 2.00. The lowest BCUT2D eigenvalue weighted by Gasteiger charge is -2.11. The molecule has 0 aliphatic carbocycles. The van der Waals surface area contributed by atoms with Crippen molar-refractivity contribution in [2.24, 2.45) is 0 Å². The first-order valence-electron chi connectivity index (χ1n) is 6.42. The van der Waals surface area contributed by atoms with Gasteiger partial charge in [0.2, 0.25) is 0 Å². The lowest BCUT2D eigenvalue weighted by molar-refractivity contribution is -0.384. The highest BCUT2D eigenvalue weighted by Gasteiger charge is 2.18. The molecular formula is C15H13BrN2O4. The maximum Gasteiger partial charge on any atom is 0.339 e. The van der Waals surface area contributed by atoms with Crippen LogP contribution in [0.1, 0.15) is 27.8 Å². The van der Waals surface area contributed by atoms with Gasteiger partial charge in [0.1, 0.15) is 0 Å². The number of carbonyl (C=O) groups excluding carboxylic acids is 1. The lowest BCUT2D eigenvalue weighted by atomic mass is 10.1. The van der Waals surface area contributed by atoms with Crippen molar-refractivity contribution >= 4 is 27.6 Å². The van der Waals surface area contributed by atoms with Crippen molar-refractivity contribution in [3.8, 4) is 11.3 Å². The molecule has 0 aliphatic heterocycles. The van der Waals surface area contributed by atoms with Crippen molar-refractivity contribution < 1.29 is 14.5 Å². The molecular weight excluding hydrogens is 352 g/mol. The zero-order valence-electron chi connectivity index (χ0n) is 11.9. The highest BCUT2D eigenvalue weighted by molar-refractivity contribution is 9.09. The largest absolute Gasteiger partial charge is 0.465 e. The highest BCUT2D eigenvalue weighted by Crippen LogP contribution is 2.28. The first-order chi connectivity index (χ1) is 10.4. The number of nitro groups is 1. The number of rotatable bonds is 4. The van der Waals surface area contributed by atoms with Crippen LogP contribution >= 0.6 is 15.9 Å². The fourth-order valence-corrected chi connectivity index (χ4v) is 2.35. The minimum absolute atomic E-state index is 0.00946. The van der Waals surface area contributed by atoms with Crippen molar-refractivity contribution in [2.45, 2.75) is 11.8 Å². The second-order valence-electron chi connectivity index (χ2n) is 4.54. The molecule has 0 amide bonds. The first kappa shape index (κ1) is 16.1. The van der Waals surface area contributed by atoms with Crippen LogP contribution in [0.2, 0.25) is 0 Å². The molecule has 2 aromatic rings. The molecule has 0 saturated carbocycles. The zero-order valence-corrected chi connectivity index (χ0v) is 13.5. The maximum atomic E-state index is 11.8. The molecule has 6 nitrogen and oxygen atoms in total. The van der Waals surface area contributed by atoms with Crippen LogP contribution < -0.4 is 0 Å². The Morgan fingerprint density at radius 3 is 2.68 bits per heavy atom. The van der Waals surface area contributed by atoms with Gasteiger partial charge in [-0.2, -0.15) is 0 Å². The Balaban J connectivity index is 2.53. The number of ether oxygens (including phenoxy) is 1. The van der Waals surface area contributed by atoms with Gasteiger partial charge in [-0.05, 0) is 19.1 Å². The number of benzene rings is 1. The van der Waals surface area contributed by atoms with Gasteiger partial charge in [-0.25, -0.2) is 4.79 Å². The predicted octanol–water partition coefficient (Wildman–Crippen LogP) is 3.90. The molecule has 1 atom stereocenters. The molecule has 7 heteroatoms. The van der Waals surface area contributed by atoms with Gasteiger partial charge >= 0.3 is 5.97 Å². The summed E-state index contributed by atoms with van der Waals surface area (Å²) in [5.41, 5.74) is 2.04. The third kappa shape index (κ3) is 3.30. The highest BCUT2D eigenvalue weighted by atomic mass is 79.9. The van der Waals surface area contributed by atoms with Crippen molar-refractivity contribution in [2.75, 3.05) is 7.11 Å². The van der Waals surface area contributed by atoms with Gasteiger partial charge in [-0.3, -0.25) is 15.1 Å². The SMILES string of the molecule is COC(=O)c1ccc(-c2cccc([N+](=O)[O-])c2)nc1C(C)Br. The number of hydrogen-bond donors (Lipinski definition) is 0. The molecule has 2 rings (SSSR count). The van der Waals surface area contributed by atoms with E-state index in [0.717, 1.165) is 0 Å². The molecule has 1 aromatic carbocycles. The van der Waals surface area contributed by atoms with Crippen molar-refractivity contribution in [1.29, 1.82) is 0 Å². The van der Waals surface area contributed by atoms with Crippen LogP contribution in [0.4, 0.5) is 5.69 Å². The molecule has 0 fully saturated rings. The number of alkyl halides is 1. The summed E-state index contributed by atoms with van der Waals surface area (Å²) in [6.07, 6.45) is 0. The van der Waals surface area contributed by atoms with E-state index in [0.29, 0.717) is 22.5 Å². The molecule has 0 radical (unpaired) electrons.